The molecule has 1 aromatic carbocycles. The van der Waals surface area contributed by atoms with Gasteiger partial charge in [0.05, 0.1) is 11.6 Å². The molecule has 0 saturated carbocycles. The van der Waals surface area contributed by atoms with Crippen LogP contribution in [0.1, 0.15) is 45.1 Å². The molecule has 1 aliphatic rings. The van der Waals surface area contributed by atoms with E-state index in [4.69, 9.17) is 9.47 Å². The fraction of sp³-hybridized carbons (Fsp3) is 0.381. The summed E-state index contributed by atoms with van der Waals surface area (Å²) >= 11 is 0. The summed E-state index contributed by atoms with van der Waals surface area (Å²) in [5, 5.41) is 7.48. The normalized spacial score (nSPS) is 16.6. The van der Waals surface area contributed by atoms with E-state index in [1.807, 2.05) is 38.1 Å². The molecule has 146 valence electrons. The maximum atomic E-state index is 12.7. The number of hydrogen-bond donors (Lipinski definition) is 1. The fourth-order valence-corrected chi connectivity index (χ4v) is 3.75. The van der Waals surface area contributed by atoms with E-state index in [1.54, 1.807) is 6.07 Å². The summed E-state index contributed by atoms with van der Waals surface area (Å²) in [6, 6.07) is 9.14. The third-order valence-electron chi connectivity index (χ3n) is 5.28. The second-order valence-electron chi connectivity index (χ2n) is 7.15. The number of ether oxygens (including phenoxy) is 2. The van der Waals surface area contributed by atoms with Crippen LogP contribution in [0.4, 0.5) is 0 Å². The van der Waals surface area contributed by atoms with Gasteiger partial charge in [0.15, 0.2) is 12.3 Å². The summed E-state index contributed by atoms with van der Waals surface area (Å²) in [4.78, 5) is 25.0. The minimum Gasteiger partial charge on any atom is -0.452 e. The molecule has 3 heterocycles. The van der Waals surface area contributed by atoms with Gasteiger partial charge in [-0.25, -0.2) is 4.79 Å². The van der Waals surface area contributed by atoms with E-state index in [2.05, 4.69) is 14.8 Å². The Kier molecular flexibility index (Phi) is 5.00. The maximum Gasteiger partial charge on any atom is 0.359 e. The molecular formula is C21H23N3O4. The number of para-hydroxylation sites is 1. The van der Waals surface area contributed by atoms with E-state index >= 15 is 0 Å². The first kappa shape index (κ1) is 18.4. The monoisotopic (exact) mass is 381 g/mol. The Morgan fingerprint density at radius 2 is 2.14 bits per heavy atom. The maximum absolute atomic E-state index is 12.7. The first-order chi connectivity index (χ1) is 13.5. The standard InChI is InChI=1S/C21H23N3O4/c1-13-10-17(14(2)24(13)11-15-6-5-9-27-15)19(25)12-28-21(26)20-16-7-3-4-8-18(16)22-23-20/h3-4,7-8,10,15H,5-6,9,11-12H2,1-2H3,(H,22,23)/t15-/m1/s1. The molecule has 1 fully saturated rings. The van der Waals surface area contributed by atoms with E-state index in [9.17, 15) is 9.59 Å². The highest BCUT2D eigenvalue weighted by molar-refractivity contribution is 6.04. The molecule has 0 aliphatic carbocycles. The SMILES string of the molecule is Cc1cc(C(=O)COC(=O)c2n[nH]c3ccccc23)c(C)n1C[C@H]1CCCO1. The van der Waals surface area contributed by atoms with Crippen molar-refractivity contribution >= 4 is 22.7 Å². The van der Waals surface area contributed by atoms with Gasteiger partial charge in [0.25, 0.3) is 0 Å². The predicted molar refractivity (Wildman–Crippen MR) is 104 cm³/mol. The van der Waals surface area contributed by atoms with Crippen LogP contribution in [0, 0.1) is 13.8 Å². The molecule has 28 heavy (non-hydrogen) atoms. The van der Waals surface area contributed by atoms with Crippen molar-refractivity contribution in [2.24, 2.45) is 0 Å². The molecule has 7 nitrogen and oxygen atoms in total. The number of ketones is 1. The Balaban J connectivity index is 1.44. The number of Topliss-reactive ketones (excluding diaryl/α,β-unsaturated/α-hetero) is 1. The number of aromatic nitrogens is 3. The second-order valence-corrected chi connectivity index (χ2v) is 7.15. The number of aryl methyl sites for hydroxylation is 1. The second kappa shape index (κ2) is 7.59. The van der Waals surface area contributed by atoms with Crippen LogP contribution in [0.3, 0.4) is 0 Å². The number of esters is 1. The van der Waals surface area contributed by atoms with Gasteiger partial charge in [-0.1, -0.05) is 18.2 Å². The summed E-state index contributed by atoms with van der Waals surface area (Å²) in [5.41, 5.74) is 3.39. The molecule has 0 spiro atoms. The van der Waals surface area contributed by atoms with Gasteiger partial charge in [-0.05, 0) is 38.8 Å². The van der Waals surface area contributed by atoms with Crippen LogP contribution in [0.5, 0.6) is 0 Å². The highest BCUT2D eigenvalue weighted by Crippen LogP contribution is 2.21. The van der Waals surface area contributed by atoms with Crippen molar-refractivity contribution < 1.29 is 19.1 Å². The summed E-state index contributed by atoms with van der Waals surface area (Å²) in [6.45, 7) is 5.11. The van der Waals surface area contributed by atoms with Crippen LogP contribution in [0.15, 0.2) is 30.3 Å². The van der Waals surface area contributed by atoms with Crippen molar-refractivity contribution in [1.29, 1.82) is 0 Å². The molecule has 1 saturated heterocycles. The highest BCUT2D eigenvalue weighted by atomic mass is 16.5. The molecule has 2 aromatic heterocycles. The number of aromatic amines is 1. The lowest BCUT2D eigenvalue weighted by Crippen LogP contribution is -2.18. The van der Waals surface area contributed by atoms with Gasteiger partial charge in [0.2, 0.25) is 5.78 Å². The number of hydrogen-bond acceptors (Lipinski definition) is 5. The molecule has 1 atom stereocenters. The number of rotatable bonds is 6. The Labute approximate surface area is 162 Å². The van der Waals surface area contributed by atoms with Gasteiger partial charge < -0.3 is 14.0 Å². The number of benzene rings is 1. The smallest absolute Gasteiger partial charge is 0.359 e. The molecule has 7 heteroatoms. The van der Waals surface area contributed by atoms with Crippen molar-refractivity contribution in [2.75, 3.05) is 13.2 Å². The van der Waals surface area contributed by atoms with Crippen LogP contribution in [-0.4, -0.2) is 45.8 Å². The predicted octanol–water partition coefficient (Wildman–Crippen LogP) is 3.20. The first-order valence-corrected chi connectivity index (χ1v) is 9.46. The van der Waals surface area contributed by atoms with Crippen LogP contribution in [-0.2, 0) is 16.0 Å². The van der Waals surface area contributed by atoms with Crippen LogP contribution in [0.25, 0.3) is 10.9 Å². The molecule has 4 rings (SSSR count). The van der Waals surface area contributed by atoms with Crippen molar-refractivity contribution in [3.05, 3.63) is 53.0 Å². The average Bonchev–Trinajstić information content (AvgIpc) is 3.42. The van der Waals surface area contributed by atoms with Crippen molar-refractivity contribution in [2.45, 2.75) is 39.3 Å². The third kappa shape index (κ3) is 3.45. The molecule has 0 unspecified atom stereocenters. The zero-order chi connectivity index (χ0) is 19.7. The van der Waals surface area contributed by atoms with E-state index in [0.29, 0.717) is 10.9 Å². The van der Waals surface area contributed by atoms with Gasteiger partial charge in [-0.3, -0.25) is 9.89 Å². The lowest BCUT2D eigenvalue weighted by Gasteiger charge is -2.14. The van der Waals surface area contributed by atoms with Crippen LogP contribution in [0.2, 0.25) is 0 Å². The van der Waals surface area contributed by atoms with Crippen molar-refractivity contribution in [3.63, 3.8) is 0 Å². The van der Waals surface area contributed by atoms with Gasteiger partial charge in [0, 0.05) is 35.5 Å². The zero-order valence-electron chi connectivity index (χ0n) is 16.0. The van der Waals surface area contributed by atoms with Crippen LogP contribution < -0.4 is 0 Å². The van der Waals surface area contributed by atoms with Crippen molar-refractivity contribution in [3.8, 4) is 0 Å². The first-order valence-electron chi connectivity index (χ1n) is 9.46. The fourth-order valence-electron chi connectivity index (χ4n) is 3.75. The van der Waals surface area contributed by atoms with Crippen molar-refractivity contribution in [1.82, 2.24) is 14.8 Å². The third-order valence-corrected chi connectivity index (χ3v) is 5.28. The highest BCUT2D eigenvalue weighted by Gasteiger charge is 2.22. The summed E-state index contributed by atoms with van der Waals surface area (Å²) in [6.07, 6.45) is 2.31. The molecule has 1 N–H and O–H groups in total. The van der Waals surface area contributed by atoms with Gasteiger partial charge >= 0.3 is 5.97 Å². The number of nitrogens with one attached hydrogen (secondary N) is 1. The van der Waals surface area contributed by atoms with Gasteiger partial charge in [0.1, 0.15) is 0 Å². The van der Waals surface area contributed by atoms with Crippen LogP contribution >= 0.6 is 0 Å². The Hall–Kier alpha value is -2.93. The summed E-state index contributed by atoms with van der Waals surface area (Å²) in [7, 11) is 0. The molecular weight excluding hydrogens is 358 g/mol. The summed E-state index contributed by atoms with van der Waals surface area (Å²) in [5.74, 6) is -0.834. The zero-order valence-corrected chi connectivity index (χ0v) is 16.0. The number of carbonyl (C=O) groups excluding carboxylic acids is 2. The lowest BCUT2D eigenvalue weighted by atomic mass is 10.1. The van der Waals surface area contributed by atoms with Gasteiger partial charge in [-0.15, -0.1) is 0 Å². The van der Waals surface area contributed by atoms with Gasteiger partial charge in [-0.2, -0.15) is 5.10 Å². The van der Waals surface area contributed by atoms with E-state index in [1.165, 1.54) is 0 Å². The summed E-state index contributed by atoms with van der Waals surface area (Å²) < 4.78 is 13.1. The van der Waals surface area contributed by atoms with E-state index in [0.717, 1.165) is 42.9 Å². The lowest BCUT2D eigenvalue weighted by molar-refractivity contribution is 0.0470. The molecule has 1 aliphatic heterocycles. The Bertz CT molecular complexity index is 1030. The molecule has 0 radical (unpaired) electrons. The minimum absolute atomic E-state index is 0.187. The molecule has 0 bridgehead atoms. The largest absolute Gasteiger partial charge is 0.452 e. The average molecular weight is 381 g/mol. The number of carbonyl (C=O) groups is 2. The molecule has 3 aromatic rings. The van der Waals surface area contributed by atoms with E-state index < -0.39 is 5.97 Å². The Morgan fingerprint density at radius 1 is 1.32 bits per heavy atom. The number of fused-ring (bicyclic) bond motifs is 1. The minimum atomic E-state index is -0.612. The number of nitrogens with zero attached hydrogens (tertiary/aromatic N) is 2. The molecule has 0 amide bonds. The van der Waals surface area contributed by atoms with E-state index in [-0.39, 0.29) is 24.2 Å². The topological polar surface area (TPSA) is 86.2 Å². The Morgan fingerprint density at radius 3 is 2.93 bits per heavy atom. The quantitative estimate of drug-likeness (QED) is 0.523. The number of H-pyrrole nitrogens is 1.